The summed E-state index contributed by atoms with van der Waals surface area (Å²) in [6, 6.07) is 0.212. The number of rotatable bonds is 10. The number of carboxylic acid groups (broad SMARTS) is 1. The molecule has 9 heteroatoms. The highest BCUT2D eigenvalue weighted by molar-refractivity contribution is 5.96. The van der Waals surface area contributed by atoms with Crippen molar-refractivity contribution < 1.29 is 24.2 Å². The van der Waals surface area contributed by atoms with Gasteiger partial charge in [-0.15, -0.1) is 0 Å². The van der Waals surface area contributed by atoms with E-state index < -0.39 is 23.8 Å². The first kappa shape index (κ1) is 25.3. The number of aromatic nitrogens is 2. The molecule has 5 rings (SSSR count). The third-order valence-electron chi connectivity index (χ3n) is 7.69. The third kappa shape index (κ3) is 5.70. The fraction of sp³-hybridized carbons (Fsp3) is 0.692. The molecule has 35 heavy (non-hydrogen) atoms. The molecule has 0 radical (unpaired) electrons. The molecular weight excluding hydrogens is 448 g/mol. The standard InChI is InChI=1S/C26H38N4O5/c1-15(2)14-35-24-20(12-28-30(24)6-5-26(3,4)25(34)27-13-21(31)32)23(33)29-22-18-8-16-7-17(10-18)11-19(22)9-16/h5-6,12,15-19,22H,7-11,13-14H2,1-4H3,(H,27,34)(H,29,33)(H,31,32). The minimum atomic E-state index is -1.11. The Labute approximate surface area is 206 Å². The predicted octanol–water partition coefficient (Wildman–Crippen LogP) is 3.17. The van der Waals surface area contributed by atoms with Crippen molar-refractivity contribution in [2.75, 3.05) is 13.2 Å². The van der Waals surface area contributed by atoms with Crippen molar-refractivity contribution in [3.8, 4) is 5.88 Å². The summed E-state index contributed by atoms with van der Waals surface area (Å²) < 4.78 is 7.49. The molecule has 1 heterocycles. The van der Waals surface area contributed by atoms with Gasteiger partial charge in [0.25, 0.3) is 5.91 Å². The summed E-state index contributed by atoms with van der Waals surface area (Å²) in [6.45, 7) is 7.38. The first-order valence-corrected chi connectivity index (χ1v) is 12.7. The predicted molar refractivity (Wildman–Crippen MR) is 131 cm³/mol. The molecule has 0 aromatic carbocycles. The summed E-state index contributed by atoms with van der Waals surface area (Å²) in [4.78, 5) is 36.6. The van der Waals surface area contributed by atoms with Crippen LogP contribution in [-0.2, 0) is 9.59 Å². The molecule has 0 saturated heterocycles. The topological polar surface area (TPSA) is 123 Å². The number of carbonyl (C=O) groups excluding carboxylic acids is 2. The maximum atomic E-state index is 13.4. The lowest BCUT2D eigenvalue weighted by Crippen LogP contribution is -2.55. The zero-order valence-corrected chi connectivity index (χ0v) is 21.1. The van der Waals surface area contributed by atoms with E-state index in [1.165, 1.54) is 43.0 Å². The van der Waals surface area contributed by atoms with Gasteiger partial charge < -0.3 is 20.5 Å². The van der Waals surface area contributed by atoms with Crippen LogP contribution in [0.3, 0.4) is 0 Å². The Morgan fingerprint density at radius 2 is 1.80 bits per heavy atom. The van der Waals surface area contributed by atoms with Gasteiger partial charge in [-0.25, -0.2) is 4.68 Å². The highest BCUT2D eigenvalue weighted by atomic mass is 16.5. The number of carbonyl (C=O) groups is 3. The third-order valence-corrected chi connectivity index (χ3v) is 7.69. The van der Waals surface area contributed by atoms with Crippen LogP contribution in [0.4, 0.5) is 0 Å². The van der Waals surface area contributed by atoms with Crippen LogP contribution in [0.15, 0.2) is 12.3 Å². The van der Waals surface area contributed by atoms with Gasteiger partial charge in [0.1, 0.15) is 12.1 Å². The normalized spacial score (nSPS) is 27.4. The SMILES string of the molecule is CC(C)COc1c(C(=O)NC2C3CC4CC(C3)CC2C4)cnn1C=CC(C)(C)C(=O)NCC(=O)O. The molecule has 4 saturated carbocycles. The lowest BCUT2D eigenvalue weighted by Gasteiger charge is -2.54. The summed E-state index contributed by atoms with van der Waals surface area (Å²) in [6.07, 6.45) is 11.0. The maximum absolute atomic E-state index is 13.4. The van der Waals surface area contributed by atoms with E-state index >= 15 is 0 Å². The highest BCUT2D eigenvalue weighted by Gasteiger charge is 2.48. The minimum Gasteiger partial charge on any atom is -0.480 e. The smallest absolute Gasteiger partial charge is 0.322 e. The molecule has 0 atom stereocenters. The summed E-state index contributed by atoms with van der Waals surface area (Å²) in [5.74, 6) is 1.69. The molecule has 192 valence electrons. The number of nitrogens with one attached hydrogen (secondary N) is 2. The number of amides is 2. The number of hydrogen-bond donors (Lipinski definition) is 3. The summed E-state index contributed by atoms with van der Waals surface area (Å²) in [5.41, 5.74) is -0.600. The van der Waals surface area contributed by atoms with E-state index in [4.69, 9.17) is 9.84 Å². The van der Waals surface area contributed by atoms with Gasteiger partial charge in [-0.1, -0.05) is 19.9 Å². The van der Waals surface area contributed by atoms with E-state index in [1.54, 1.807) is 26.1 Å². The molecule has 9 nitrogen and oxygen atoms in total. The Morgan fingerprint density at radius 3 is 2.37 bits per heavy atom. The Bertz CT molecular complexity index is 968. The van der Waals surface area contributed by atoms with Crippen LogP contribution in [0.5, 0.6) is 5.88 Å². The van der Waals surface area contributed by atoms with E-state index in [1.807, 2.05) is 13.8 Å². The Balaban J connectivity index is 1.50. The fourth-order valence-corrected chi connectivity index (χ4v) is 6.11. The monoisotopic (exact) mass is 486 g/mol. The van der Waals surface area contributed by atoms with Crippen LogP contribution < -0.4 is 15.4 Å². The van der Waals surface area contributed by atoms with Crippen LogP contribution in [0.1, 0.15) is 70.2 Å². The highest BCUT2D eigenvalue weighted by Crippen LogP contribution is 2.53. The lowest BCUT2D eigenvalue weighted by molar-refractivity contribution is -0.139. The van der Waals surface area contributed by atoms with Gasteiger partial charge in [-0.05, 0) is 75.5 Å². The first-order valence-electron chi connectivity index (χ1n) is 12.7. The van der Waals surface area contributed by atoms with Gasteiger partial charge in [0.05, 0.1) is 18.2 Å². The molecule has 2 amide bonds. The van der Waals surface area contributed by atoms with Crippen molar-refractivity contribution in [3.63, 3.8) is 0 Å². The van der Waals surface area contributed by atoms with E-state index in [9.17, 15) is 14.4 Å². The van der Waals surface area contributed by atoms with Crippen LogP contribution in [0, 0.1) is 35.0 Å². The zero-order valence-electron chi connectivity index (χ0n) is 21.1. The van der Waals surface area contributed by atoms with Crippen LogP contribution in [-0.4, -0.2) is 51.9 Å². The van der Waals surface area contributed by atoms with Gasteiger partial charge in [-0.3, -0.25) is 14.4 Å². The molecular formula is C26H38N4O5. The van der Waals surface area contributed by atoms with Gasteiger partial charge in [0.15, 0.2) is 0 Å². The second-order valence-corrected chi connectivity index (χ2v) is 11.6. The Hall–Kier alpha value is -2.84. The molecule has 1 aromatic heterocycles. The molecule has 1 aromatic rings. The van der Waals surface area contributed by atoms with Crippen molar-refractivity contribution in [2.45, 2.75) is 65.8 Å². The van der Waals surface area contributed by atoms with E-state index in [-0.39, 0.29) is 17.9 Å². The fourth-order valence-electron chi connectivity index (χ4n) is 6.11. The van der Waals surface area contributed by atoms with Gasteiger partial charge >= 0.3 is 5.97 Å². The van der Waals surface area contributed by atoms with Gasteiger partial charge in [0.2, 0.25) is 11.8 Å². The zero-order chi connectivity index (χ0) is 25.3. The van der Waals surface area contributed by atoms with E-state index in [2.05, 4.69) is 15.7 Å². The largest absolute Gasteiger partial charge is 0.480 e. The Morgan fingerprint density at radius 1 is 1.17 bits per heavy atom. The number of aliphatic carboxylic acids is 1. The van der Waals surface area contributed by atoms with Crippen molar-refractivity contribution in [3.05, 3.63) is 17.8 Å². The quantitative estimate of drug-likeness (QED) is 0.467. The molecule has 3 N–H and O–H groups in total. The second kappa shape index (κ2) is 10.0. The molecule has 4 fully saturated rings. The van der Waals surface area contributed by atoms with Crippen LogP contribution in [0.25, 0.3) is 6.20 Å². The molecule has 4 bridgehead atoms. The van der Waals surface area contributed by atoms with Crippen molar-refractivity contribution in [1.82, 2.24) is 20.4 Å². The second-order valence-electron chi connectivity index (χ2n) is 11.6. The Kier molecular flexibility index (Phi) is 7.24. The van der Waals surface area contributed by atoms with Crippen molar-refractivity contribution >= 4 is 24.0 Å². The maximum Gasteiger partial charge on any atom is 0.322 e. The number of ether oxygens (including phenoxy) is 1. The summed E-state index contributed by atoms with van der Waals surface area (Å²) >= 11 is 0. The average Bonchev–Trinajstić information content (AvgIpc) is 3.19. The van der Waals surface area contributed by atoms with Crippen molar-refractivity contribution in [1.29, 1.82) is 0 Å². The molecule has 0 unspecified atom stereocenters. The lowest BCUT2D eigenvalue weighted by atomic mass is 9.54. The molecule has 0 spiro atoms. The van der Waals surface area contributed by atoms with E-state index in [0.717, 1.165) is 11.8 Å². The average molecular weight is 487 g/mol. The first-order chi connectivity index (χ1) is 16.5. The van der Waals surface area contributed by atoms with Crippen molar-refractivity contribution in [2.24, 2.45) is 35.0 Å². The van der Waals surface area contributed by atoms with Gasteiger partial charge in [0, 0.05) is 12.2 Å². The minimum absolute atomic E-state index is 0.167. The number of nitrogens with zero attached hydrogens (tertiary/aromatic N) is 2. The van der Waals surface area contributed by atoms with Crippen LogP contribution >= 0.6 is 0 Å². The number of hydrogen-bond acceptors (Lipinski definition) is 5. The van der Waals surface area contributed by atoms with Gasteiger partial charge in [-0.2, -0.15) is 5.10 Å². The number of carboxylic acids is 1. The van der Waals surface area contributed by atoms with E-state index in [0.29, 0.717) is 29.9 Å². The summed E-state index contributed by atoms with van der Waals surface area (Å²) in [5, 5.41) is 18.9. The molecule has 4 aliphatic rings. The van der Waals surface area contributed by atoms with Crippen LogP contribution in [0.2, 0.25) is 0 Å². The molecule has 4 aliphatic carbocycles. The molecule has 0 aliphatic heterocycles. The summed E-state index contributed by atoms with van der Waals surface area (Å²) in [7, 11) is 0.